The van der Waals surface area contributed by atoms with E-state index in [2.05, 4.69) is 260 Å². The number of nitrogens with zero attached hydrogens (tertiary/aromatic N) is 2. The number of rotatable bonds is 23. The monoisotopic (exact) mass is 1010 g/mol. The zero-order chi connectivity index (χ0) is 52.8. The molecule has 0 radical (unpaired) electrons. The van der Waals surface area contributed by atoms with Crippen LogP contribution in [0.5, 0.6) is 11.5 Å². The number of unbranched alkanes of at least 4 members (excludes halogenated alkanes) is 9. The minimum absolute atomic E-state index is 0. The zero-order valence-electron chi connectivity index (χ0n) is 44.0. The molecule has 0 aromatic heterocycles. The van der Waals surface area contributed by atoms with Crippen LogP contribution in [-0.2, 0) is 0 Å². The number of aryl methyl sites for hydroxylation is 2. The van der Waals surface area contributed by atoms with E-state index >= 15 is 0 Å². The molecule has 0 aliphatic carbocycles. The SMILES string of the molecule is C#CC#CC#CC#CC#CC#COc1cc(/C=C/c2ccc(N(c3ccccc3)c3cccc(C)c3)cc2)c(OCCCCCCCCCCCC)cc1/C=C/c1ccc(N(c2ccccc2)c2cccc(C)c2)cc1.[HH].[HH].[HH].[HH].[HH].[HH].[HH].[HH].[HH].[HH].[HH].[HH]. The second-order valence-corrected chi connectivity index (χ2v) is 18.3. The van der Waals surface area contributed by atoms with Gasteiger partial charge in [-0.3, -0.25) is 0 Å². The molecule has 0 fully saturated rings. The molecule has 0 heterocycles. The van der Waals surface area contributed by atoms with Gasteiger partial charge in [0.1, 0.15) is 17.6 Å². The van der Waals surface area contributed by atoms with Crippen LogP contribution in [0.15, 0.2) is 170 Å². The fourth-order valence-electron chi connectivity index (χ4n) is 8.62. The van der Waals surface area contributed by atoms with E-state index in [0.717, 1.165) is 75.0 Å². The highest BCUT2D eigenvalue weighted by Gasteiger charge is 2.15. The van der Waals surface area contributed by atoms with Crippen LogP contribution in [0, 0.1) is 85.6 Å². The van der Waals surface area contributed by atoms with Crippen molar-refractivity contribution in [3.8, 4) is 83.2 Å². The maximum absolute atomic E-state index is 6.69. The Morgan fingerprint density at radius 1 is 0.408 bits per heavy atom. The maximum Gasteiger partial charge on any atom is 0.148 e. The third kappa shape index (κ3) is 17.4. The van der Waals surface area contributed by atoms with Crippen LogP contribution in [0.25, 0.3) is 24.3 Å². The molecule has 7 rings (SSSR count). The summed E-state index contributed by atoms with van der Waals surface area (Å²) in [6, 6.07) is 59.3. The summed E-state index contributed by atoms with van der Waals surface area (Å²) < 4.78 is 12.9. The van der Waals surface area contributed by atoms with E-state index in [9.17, 15) is 0 Å². The Labute approximate surface area is 471 Å². The van der Waals surface area contributed by atoms with Crippen molar-refractivity contribution < 1.29 is 26.6 Å². The molecule has 0 bridgehead atoms. The topological polar surface area (TPSA) is 24.9 Å². The number of hydrogen-bond donors (Lipinski definition) is 0. The second-order valence-electron chi connectivity index (χ2n) is 18.3. The highest BCUT2D eigenvalue weighted by Crippen LogP contribution is 2.38. The summed E-state index contributed by atoms with van der Waals surface area (Å²) >= 11 is 0. The molecule has 0 spiro atoms. The van der Waals surface area contributed by atoms with Crippen molar-refractivity contribution in [3.05, 3.63) is 203 Å². The zero-order valence-corrected chi connectivity index (χ0v) is 44.0. The van der Waals surface area contributed by atoms with Crippen molar-refractivity contribution >= 4 is 58.4 Å². The van der Waals surface area contributed by atoms with Crippen molar-refractivity contribution in [2.75, 3.05) is 16.4 Å². The summed E-state index contributed by atoms with van der Waals surface area (Å²) in [5, 5.41) is 0. The quantitative estimate of drug-likeness (QED) is 0.0362. The van der Waals surface area contributed by atoms with Crippen LogP contribution < -0.4 is 19.3 Å². The molecule has 0 N–H and O–H groups in total. The van der Waals surface area contributed by atoms with Gasteiger partial charge in [-0.2, -0.15) is 0 Å². The van der Waals surface area contributed by atoms with Crippen LogP contribution >= 0.6 is 0 Å². The van der Waals surface area contributed by atoms with E-state index in [1.54, 1.807) is 0 Å². The lowest BCUT2D eigenvalue weighted by atomic mass is 10.0. The molecule has 0 saturated carbocycles. The Kier molecular flexibility index (Phi) is 21.9. The molecule has 398 valence electrons. The van der Waals surface area contributed by atoms with Crippen molar-refractivity contribution in [1.82, 2.24) is 0 Å². The van der Waals surface area contributed by atoms with Crippen molar-refractivity contribution in [3.63, 3.8) is 0 Å². The normalized spacial score (nSPS) is 10.2. The number of anilines is 6. The molecule has 7 aromatic rings. The third-order valence-corrected chi connectivity index (χ3v) is 12.4. The molecule has 4 heteroatoms. The maximum atomic E-state index is 6.69. The Bertz CT molecular complexity index is 3460. The average molecular weight is 1010 g/mol. The first-order chi connectivity index (χ1) is 37.5. The molecule has 0 saturated heterocycles. The number of hydrogen-bond acceptors (Lipinski definition) is 4. The lowest BCUT2D eigenvalue weighted by molar-refractivity contribution is 0.303. The molecular weight excluding hydrogens is 925 g/mol. The lowest BCUT2D eigenvalue weighted by Gasteiger charge is -2.25. The fourth-order valence-corrected chi connectivity index (χ4v) is 8.62. The van der Waals surface area contributed by atoms with Crippen molar-refractivity contribution in [2.45, 2.75) is 85.0 Å². The Morgan fingerprint density at radius 3 is 1.29 bits per heavy atom. The molecule has 0 amide bonds. The summed E-state index contributed by atoms with van der Waals surface area (Å²) in [4.78, 5) is 4.55. The number of terminal acetylenes is 1. The minimum Gasteiger partial charge on any atom is -0.493 e. The van der Waals surface area contributed by atoms with E-state index in [1.165, 1.54) is 62.5 Å². The van der Waals surface area contributed by atoms with Gasteiger partial charge < -0.3 is 19.3 Å². The van der Waals surface area contributed by atoms with E-state index < -0.39 is 0 Å². The van der Waals surface area contributed by atoms with E-state index in [1.807, 2.05) is 30.3 Å². The summed E-state index contributed by atoms with van der Waals surface area (Å²) in [6.07, 6.45) is 28.8. The largest absolute Gasteiger partial charge is 0.493 e. The second kappa shape index (κ2) is 30.6. The van der Waals surface area contributed by atoms with Gasteiger partial charge in [-0.15, -0.1) is 6.42 Å². The van der Waals surface area contributed by atoms with Gasteiger partial charge in [0.2, 0.25) is 0 Å². The minimum atomic E-state index is 0. The van der Waals surface area contributed by atoms with Crippen LogP contribution in [-0.4, -0.2) is 6.61 Å². The predicted molar refractivity (Wildman–Crippen MR) is 347 cm³/mol. The van der Waals surface area contributed by atoms with Gasteiger partial charge in [0.25, 0.3) is 0 Å². The van der Waals surface area contributed by atoms with Crippen LogP contribution in [0.3, 0.4) is 0 Å². The predicted octanol–water partition coefficient (Wildman–Crippen LogP) is 20.8. The number of ether oxygens (including phenoxy) is 2. The van der Waals surface area contributed by atoms with Gasteiger partial charge in [0.05, 0.1) is 6.61 Å². The highest BCUT2D eigenvalue weighted by molar-refractivity contribution is 5.82. The first-order valence-corrected chi connectivity index (χ1v) is 26.3. The van der Waals surface area contributed by atoms with E-state index in [-0.39, 0.29) is 17.1 Å². The molecule has 0 atom stereocenters. The van der Waals surface area contributed by atoms with Crippen molar-refractivity contribution in [1.29, 1.82) is 0 Å². The van der Waals surface area contributed by atoms with Gasteiger partial charge in [-0.1, -0.05) is 174 Å². The first-order valence-electron chi connectivity index (χ1n) is 26.3. The standard InChI is InChI=1S/C72H64N2O2.12H2/c1-5-7-9-11-13-15-17-19-21-29-53-75-71-57-64(48-42-62-45-51-68(52-46-62)74(66-37-27-24-28-38-66)70-40-32-34-60(4)56-70)72(76-54-30-22-20-18-16-14-12-10-8-6-2)58-63(71)47-41-61-43-49-67(50-44-61)73(65-35-25-23-26-36-65)69-39-31-33-59(3)55-69;;;;;;;;;;;;/h1,23-28,31-52,55-58H,6,8,10,12,14,16,18,20,22,30,54H2,2-4H3;12*1H/b47-41+,48-42+;;;;;;;;;;;;. The van der Waals surface area contributed by atoms with Gasteiger partial charge in [-0.25, -0.2) is 0 Å². The summed E-state index contributed by atoms with van der Waals surface area (Å²) in [5.41, 5.74) is 12.6. The van der Waals surface area contributed by atoms with Crippen LogP contribution in [0.2, 0.25) is 0 Å². The lowest BCUT2D eigenvalue weighted by Crippen LogP contribution is -2.09. The van der Waals surface area contributed by atoms with E-state index in [4.69, 9.17) is 15.9 Å². The molecule has 0 aliphatic heterocycles. The van der Waals surface area contributed by atoms with Gasteiger partial charge in [0.15, 0.2) is 0 Å². The summed E-state index contributed by atoms with van der Waals surface area (Å²) in [7, 11) is 0. The summed E-state index contributed by atoms with van der Waals surface area (Å²) in [5.74, 6) is 27.2. The Hall–Kier alpha value is -9.42. The fraction of sp³-hybridized carbons (Fsp3) is 0.194. The van der Waals surface area contributed by atoms with Crippen LogP contribution in [0.4, 0.5) is 34.1 Å². The van der Waals surface area contributed by atoms with Gasteiger partial charge in [-0.05, 0) is 157 Å². The highest BCUT2D eigenvalue weighted by atomic mass is 16.5. The smallest absolute Gasteiger partial charge is 0.148 e. The molecule has 0 unspecified atom stereocenters. The molecule has 0 aliphatic rings. The molecule has 76 heavy (non-hydrogen) atoms. The first kappa shape index (κ1) is 54.4. The Morgan fingerprint density at radius 2 is 0.816 bits per heavy atom. The van der Waals surface area contributed by atoms with E-state index in [0.29, 0.717) is 12.4 Å². The van der Waals surface area contributed by atoms with Crippen molar-refractivity contribution in [2.24, 2.45) is 0 Å². The Balaban J connectivity index is -0.00000140. The van der Waals surface area contributed by atoms with Crippen LogP contribution in [0.1, 0.15) is 122 Å². The third-order valence-electron chi connectivity index (χ3n) is 12.4. The molecule has 7 aromatic carbocycles. The number of para-hydroxylation sites is 2. The average Bonchev–Trinajstić information content (AvgIpc) is 3.45. The van der Waals surface area contributed by atoms with Gasteiger partial charge in [0, 0.05) is 92.0 Å². The van der Waals surface area contributed by atoms with Gasteiger partial charge >= 0.3 is 0 Å². The number of benzene rings is 7. The molecule has 4 nitrogen and oxygen atoms in total. The molecular formula is C72H88N2O2. The summed E-state index contributed by atoms with van der Waals surface area (Å²) in [6.45, 7) is 7.11.